The van der Waals surface area contributed by atoms with Crippen molar-refractivity contribution < 1.29 is 120 Å². The maximum atomic E-state index is 10.0. The van der Waals surface area contributed by atoms with Gasteiger partial charge in [0.25, 0.3) is 0 Å². The first-order valence-corrected chi connectivity index (χ1v) is 39.2. The van der Waals surface area contributed by atoms with E-state index in [2.05, 4.69) is 278 Å². The molecule has 112 heavy (non-hydrogen) atoms. The van der Waals surface area contributed by atoms with Gasteiger partial charge in [-0.3, -0.25) is 34.1 Å². The van der Waals surface area contributed by atoms with Crippen LogP contribution < -0.4 is 5.19 Å². The number of allylic oxidation sites excluding steroid dienone is 8. The Hall–Kier alpha value is -8.95. The molecule has 12 rings (SSSR count). The molecule has 0 saturated carbocycles. The van der Waals surface area contributed by atoms with Gasteiger partial charge >= 0.3 is 0 Å². The number of hydrogen-bond donors (Lipinski definition) is 4. The number of benzene rings is 8. The van der Waals surface area contributed by atoms with Crippen molar-refractivity contribution in [2.75, 3.05) is 0 Å². The van der Waals surface area contributed by atoms with E-state index in [1.807, 2.05) is 18.3 Å². The number of aliphatic hydroxyl groups excluding tert-OH is 4. The summed E-state index contributed by atoms with van der Waals surface area (Å²) >= 11 is 0. The van der Waals surface area contributed by atoms with Gasteiger partial charge in [0.1, 0.15) is 0 Å². The van der Waals surface area contributed by atoms with Crippen molar-refractivity contribution in [3.8, 4) is 45.0 Å². The van der Waals surface area contributed by atoms with E-state index in [1.54, 1.807) is 0 Å². The second kappa shape index (κ2) is 48.2. The molecule has 0 saturated heterocycles. The zero-order valence-electron chi connectivity index (χ0n) is 68.4. The van der Waals surface area contributed by atoms with Crippen LogP contribution in [-0.4, -0.2) is 71.6 Å². The topological polar surface area (TPSA) is 201 Å². The van der Waals surface area contributed by atoms with Crippen LogP contribution in [0.1, 0.15) is 122 Å². The van der Waals surface area contributed by atoms with E-state index in [1.165, 1.54) is 162 Å². The minimum Gasteiger partial charge on any atom is -0.512 e. The standard InChI is InChI=1S/C20H22NSi.2C19H18N.C17H14N.4C5H8O2.4Ir/c1-14-10-15(2)12-17(11-14)20-8-6-16-13-18(22(3,4)5)7-9-19(16)21-20;1-12-7-13(2)10-16(9-12)18-6-5-17-15(4)8-14(3)11-19(17)20-18;1-12-5-6-17-15(4)11-18(20-19(17)10-12)16-8-13(2)7-14(3)9-16;1-12-6-5-8-14(10-12)17-13(2)16-9-4-3-7-15(16)11-18-17;4*1-4(6)3-5(2)7;;;;/h6-11,13H,1-5H3;5-9,11H,1-4H3;5-8,10-11H,1-4H3;3-7,9-11H,1-2H3;4*3,6H,1-2H3;;;;/q4*-1;;;;;;;;. The number of rotatable bonds is 9. The van der Waals surface area contributed by atoms with Crippen LogP contribution in [0, 0.1) is 107 Å². The fraction of sp³-hybridized carbons (Fsp3) is 0.242. The zero-order valence-corrected chi connectivity index (χ0v) is 79.0. The summed E-state index contributed by atoms with van der Waals surface area (Å²) in [6.45, 7) is 43.8. The molecule has 4 radical (unpaired) electrons. The van der Waals surface area contributed by atoms with Crippen molar-refractivity contribution in [3.63, 3.8) is 0 Å². The van der Waals surface area contributed by atoms with E-state index < -0.39 is 8.07 Å². The predicted molar refractivity (Wildman–Crippen MR) is 452 cm³/mol. The van der Waals surface area contributed by atoms with Gasteiger partial charge in [-0.2, -0.15) is 0 Å². The van der Waals surface area contributed by atoms with Gasteiger partial charge in [-0.15, -0.1) is 140 Å². The predicted octanol–water partition coefficient (Wildman–Crippen LogP) is 23.2. The van der Waals surface area contributed by atoms with Crippen LogP contribution >= 0.6 is 0 Å². The molecular weight excluding hydrogens is 2120 g/mol. The smallest absolute Gasteiger partial charge is 0.155 e. The Bertz CT molecular complexity index is 5160. The van der Waals surface area contributed by atoms with Crippen molar-refractivity contribution in [1.29, 1.82) is 0 Å². The van der Waals surface area contributed by atoms with Crippen LogP contribution in [0.15, 0.2) is 211 Å². The van der Waals surface area contributed by atoms with Gasteiger partial charge in [0, 0.05) is 122 Å². The number of fused-ring (bicyclic) bond motifs is 4. The van der Waals surface area contributed by atoms with E-state index in [0.717, 1.165) is 78.3 Å². The molecule has 0 amide bonds. The van der Waals surface area contributed by atoms with E-state index in [4.69, 9.17) is 35.4 Å². The Balaban J connectivity index is 0.000000664. The number of nitrogens with zero attached hydrogens (tertiary/aromatic N) is 4. The van der Waals surface area contributed by atoms with Crippen molar-refractivity contribution in [3.05, 3.63) is 302 Å². The van der Waals surface area contributed by atoms with Crippen LogP contribution in [0.3, 0.4) is 0 Å². The first-order chi connectivity index (χ1) is 50.6. The van der Waals surface area contributed by atoms with E-state index in [0.29, 0.717) is 0 Å². The molecule has 4 heterocycles. The largest absolute Gasteiger partial charge is 0.512 e. The molecule has 0 unspecified atom stereocenters. The number of carbonyl (C=O) groups excluding carboxylic acids is 4. The molecule has 0 spiro atoms. The van der Waals surface area contributed by atoms with Gasteiger partial charge in [-0.25, -0.2) is 0 Å². The number of carbonyl (C=O) groups is 4. The SMILES string of the molecule is CC(=O)C=C(C)O.CC(=O)C=C(C)O.CC(=O)C=C(C)O.CC(=O)C=C(C)O.Cc1[c-]c(-c2cc(C)c3ccc(C)cc3n2)cc(C)c1.Cc1[c-]c(-c2ccc3c(C)cc(C)cc3n2)cc(C)c1.Cc1[c-]c(-c2ccc3cc([Si](C)(C)C)ccc3n2)cc(C)c1.Cc1cc[c-]c(-c2ncc3ccccc3c2C)c1.[Ir].[Ir].[Ir].[Ir]. The average Bonchev–Trinajstić information content (AvgIpc) is 0.817. The minimum atomic E-state index is -1.28. The van der Waals surface area contributed by atoms with Gasteiger partial charge in [0.2, 0.25) is 0 Å². The average molecular weight is 2230 g/mol. The van der Waals surface area contributed by atoms with E-state index in [9.17, 15) is 19.2 Å². The number of hydrogen-bond acceptors (Lipinski definition) is 12. The maximum absolute atomic E-state index is 10.0. The minimum absolute atomic E-state index is 0. The Labute approximate surface area is 719 Å². The monoisotopic (exact) mass is 2230 g/mol. The van der Waals surface area contributed by atoms with Crippen LogP contribution in [0.25, 0.3) is 88.5 Å². The van der Waals surface area contributed by atoms with Crippen molar-refractivity contribution in [1.82, 2.24) is 19.9 Å². The van der Waals surface area contributed by atoms with E-state index in [-0.39, 0.29) is 127 Å². The maximum Gasteiger partial charge on any atom is 0.155 e. The van der Waals surface area contributed by atoms with Crippen molar-refractivity contribution in [2.24, 2.45) is 0 Å². The molecule has 0 bridgehead atoms. The molecule has 12 aromatic rings. The quantitative estimate of drug-likeness (QED) is 0.0462. The Morgan fingerprint density at radius 3 is 1.17 bits per heavy atom. The third-order valence-electron chi connectivity index (χ3n) is 16.1. The summed E-state index contributed by atoms with van der Waals surface area (Å²) in [5.74, 6) is -0.250. The fourth-order valence-electron chi connectivity index (χ4n) is 11.7. The molecule has 4 aromatic heterocycles. The van der Waals surface area contributed by atoms with Gasteiger partial charge in [-0.05, 0) is 169 Å². The molecule has 4 N–H and O–H groups in total. The molecule has 0 aliphatic heterocycles. The van der Waals surface area contributed by atoms with Gasteiger partial charge in [-0.1, -0.05) is 164 Å². The molecule has 0 atom stereocenters. The number of aliphatic hydroxyl groups is 4. The fourth-order valence-corrected chi connectivity index (χ4v) is 12.9. The Morgan fingerprint density at radius 2 is 0.741 bits per heavy atom. The molecular formula is C95H104Ir4N4O8Si-4. The summed E-state index contributed by atoms with van der Waals surface area (Å²) < 4.78 is 0. The Morgan fingerprint density at radius 1 is 0.357 bits per heavy atom. The Kier molecular flexibility index (Phi) is 43.5. The molecule has 12 nitrogen and oxygen atoms in total. The normalized spacial score (nSPS) is 10.8. The first-order valence-electron chi connectivity index (χ1n) is 35.7. The molecule has 596 valence electrons. The number of aryl methyl sites for hydroxylation is 12. The zero-order chi connectivity index (χ0) is 80.4. The van der Waals surface area contributed by atoms with Crippen molar-refractivity contribution >= 4 is 79.9 Å². The summed E-state index contributed by atoms with van der Waals surface area (Å²) in [5.41, 5.74) is 26.2. The van der Waals surface area contributed by atoms with Gasteiger partial charge in [0.15, 0.2) is 23.1 Å². The number of aromatic nitrogens is 4. The summed E-state index contributed by atoms with van der Waals surface area (Å²) in [5, 5.41) is 41.1. The first kappa shape index (κ1) is 101. The molecule has 0 fully saturated rings. The number of pyridine rings is 4. The summed E-state index contributed by atoms with van der Waals surface area (Å²) in [7, 11) is -1.28. The molecule has 17 heteroatoms. The summed E-state index contributed by atoms with van der Waals surface area (Å²) in [4.78, 5) is 59.1. The van der Waals surface area contributed by atoms with E-state index >= 15 is 0 Å². The van der Waals surface area contributed by atoms with Crippen LogP contribution in [0.2, 0.25) is 19.6 Å². The number of ketones is 4. The van der Waals surface area contributed by atoms with Crippen LogP contribution in [0.4, 0.5) is 0 Å². The molecule has 0 aliphatic carbocycles. The molecule has 8 aromatic carbocycles. The third-order valence-corrected chi connectivity index (χ3v) is 18.1. The van der Waals surface area contributed by atoms with Gasteiger partial charge < -0.3 is 25.4 Å². The second-order valence-corrected chi connectivity index (χ2v) is 33.6. The summed E-state index contributed by atoms with van der Waals surface area (Å²) in [6, 6.07) is 69.1. The molecule has 0 aliphatic rings. The van der Waals surface area contributed by atoms with Crippen molar-refractivity contribution in [2.45, 2.75) is 158 Å². The second-order valence-electron chi connectivity index (χ2n) is 28.5. The van der Waals surface area contributed by atoms with Gasteiger partial charge in [0.05, 0.1) is 47.7 Å². The summed E-state index contributed by atoms with van der Waals surface area (Å²) in [6.07, 6.45) is 6.60. The van der Waals surface area contributed by atoms with Crippen LogP contribution in [0.5, 0.6) is 0 Å². The third kappa shape index (κ3) is 34.6. The van der Waals surface area contributed by atoms with Crippen LogP contribution in [-0.2, 0) is 99.6 Å².